The number of rotatable bonds is 3. The van der Waals surface area contributed by atoms with Crippen LogP contribution in [0.15, 0.2) is 47.3 Å². The number of aromatic nitrogens is 2. The van der Waals surface area contributed by atoms with Crippen molar-refractivity contribution in [1.29, 1.82) is 0 Å². The fourth-order valence-electron chi connectivity index (χ4n) is 3.01. The Bertz CT molecular complexity index is 810. The largest absolute Gasteiger partial charge is 0.486 e. The zero-order valence-corrected chi connectivity index (χ0v) is 12.8. The normalized spacial score (nSPS) is 19.0. The van der Waals surface area contributed by atoms with Gasteiger partial charge in [0.25, 0.3) is 5.56 Å². The first-order valence-corrected chi connectivity index (χ1v) is 7.94. The fraction of sp³-hybridized carbons (Fsp3) is 0.333. The molecule has 1 aliphatic carbocycles. The summed E-state index contributed by atoms with van der Waals surface area (Å²) in [6.45, 7) is 1.76. The molecule has 23 heavy (non-hydrogen) atoms. The van der Waals surface area contributed by atoms with Crippen molar-refractivity contribution in [2.24, 2.45) is 5.92 Å². The van der Waals surface area contributed by atoms with E-state index in [0.717, 1.165) is 35.6 Å². The van der Waals surface area contributed by atoms with Gasteiger partial charge in [-0.05, 0) is 43.0 Å². The highest BCUT2D eigenvalue weighted by molar-refractivity contribution is 5.63. The van der Waals surface area contributed by atoms with Crippen molar-refractivity contribution in [1.82, 2.24) is 9.78 Å². The molecule has 0 N–H and O–H groups in total. The first kappa shape index (κ1) is 14.1. The molecule has 1 aromatic heterocycles. The van der Waals surface area contributed by atoms with Crippen molar-refractivity contribution in [3.63, 3.8) is 0 Å². The van der Waals surface area contributed by atoms with Gasteiger partial charge in [-0.1, -0.05) is 12.2 Å². The molecule has 0 saturated carbocycles. The quantitative estimate of drug-likeness (QED) is 0.818. The van der Waals surface area contributed by atoms with Crippen LogP contribution in [0.3, 0.4) is 0 Å². The number of fused-ring (bicyclic) bond motifs is 1. The second-order valence-corrected chi connectivity index (χ2v) is 5.86. The van der Waals surface area contributed by atoms with Crippen molar-refractivity contribution >= 4 is 0 Å². The Morgan fingerprint density at radius 1 is 1.13 bits per heavy atom. The molecular weight excluding hydrogens is 292 g/mol. The smallest absolute Gasteiger partial charge is 0.266 e. The molecule has 1 aliphatic heterocycles. The van der Waals surface area contributed by atoms with Crippen LogP contribution in [0, 0.1) is 5.92 Å². The maximum absolute atomic E-state index is 12.1. The standard InChI is InChI=1S/C18H18N2O3/c21-18-8-6-15(19-20(18)12-13-3-1-2-4-13)14-5-7-16-17(11-14)23-10-9-22-16/h1,3,5-8,11,13H,2,4,9-10,12H2. The number of allylic oxidation sites excluding steroid dienone is 2. The summed E-state index contributed by atoms with van der Waals surface area (Å²) in [4.78, 5) is 12.1. The molecule has 2 aliphatic rings. The number of hydrogen-bond donors (Lipinski definition) is 0. The summed E-state index contributed by atoms with van der Waals surface area (Å²) in [5.41, 5.74) is 1.63. The topological polar surface area (TPSA) is 53.4 Å². The van der Waals surface area contributed by atoms with Gasteiger partial charge in [0.1, 0.15) is 13.2 Å². The third-order valence-corrected chi connectivity index (χ3v) is 4.22. The Labute approximate surface area is 134 Å². The van der Waals surface area contributed by atoms with E-state index in [1.54, 1.807) is 16.8 Å². The highest BCUT2D eigenvalue weighted by Gasteiger charge is 2.15. The molecule has 0 amide bonds. The van der Waals surface area contributed by atoms with Gasteiger partial charge in [0.05, 0.1) is 12.2 Å². The molecule has 1 atom stereocenters. The molecule has 2 aromatic rings. The lowest BCUT2D eigenvalue weighted by Gasteiger charge is -2.19. The maximum atomic E-state index is 12.1. The molecule has 0 fully saturated rings. The Morgan fingerprint density at radius 3 is 2.83 bits per heavy atom. The van der Waals surface area contributed by atoms with Crippen LogP contribution >= 0.6 is 0 Å². The lowest BCUT2D eigenvalue weighted by Crippen LogP contribution is -2.25. The molecule has 1 unspecified atom stereocenters. The molecule has 4 rings (SSSR count). The Kier molecular flexibility index (Phi) is 3.61. The predicted octanol–water partition coefficient (Wildman–Crippen LogP) is 2.65. The summed E-state index contributed by atoms with van der Waals surface area (Å²) in [5.74, 6) is 1.88. The van der Waals surface area contributed by atoms with Crippen LogP contribution in [0.4, 0.5) is 0 Å². The van der Waals surface area contributed by atoms with Crippen LogP contribution in [0.2, 0.25) is 0 Å². The van der Waals surface area contributed by atoms with Crippen molar-refractivity contribution in [3.8, 4) is 22.8 Å². The van der Waals surface area contributed by atoms with Gasteiger partial charge < -0.3 is 9.47 Å². The monoisotopic (exact) mass is 310 g/mol. The number of benzene rings is 1. The zero-order chi connectivity index (χ0) is 15.6. The van der Waals surface area contributed by atoms with Crippen LogP contribution < -0.4 is 15.0 Å². The molecular formula is C18H18N2O3. The van der Waals surface area contributed by atoms with E-state index in [1.807, 2.05) is 18.2 Å². The number of hydrogen-bond acceptors (Lipinski definition) is 4. The Hall–Kier alpha value is -2.56. The maximum Gasteiger partial charge on any atom is 0.266 e. The highest BCUT2D eigenvalue weighted by Crippen LogP contribution is 2.33. The molecule has 1 aromatic carbocycles. The predicted molar refractivity (Wildman–Crippen MR) is 86.8 cm³/mol. The first-order chi connectivity index (χ1) is 11.3. The van der Waals surface area contributed by atoms with Gasteiger partial charge in [-0.25, -0.2) is 4.68 Å². The van der Waals surface area contributed by atoms with Crippen molar-refractivity contribution in [2.75, 3.05) is 13.2 Å². The average Bonchev–Trinajstić information content (AvgIpc) is 3.09. The van der Waals surface area contributed by atoms with Gasteiger partial charge in [0.2, 0.25) is 0 Å². The third kappa shape index (κ3) is 2.86. The lowest BCUT2D eigenvalue weighted by molar-refractivity contribution is 0.171. The van der Waals surface area contributed by atoms with Crippen LogP contribution in [0.1, 0.15) is 12.8 Å². The molecule has 0 spiro atoms. The summed E-state index contributed by atoms with van der Waals surface area (Å²) < 4.78 is 12.7. The third-order valence-electron chi connectivity index (χ3n) is 4.22. The number of nitrogens with zero attached hydrogens (tertiary/aromatic N) is 2. The van der Waals surface area contributed by atoms with Crippen molar-refractivity contribution in [2.45, 2.75) is 19.4 Å². The van der Waals surface area contributed by atoms with Gasteiger partial charge in [0.15, 0.2) is 11.5 Å². The van der Waals surface area contributed by atoms with Gasteiger partial charge >= 0.3 is 0 Å². The van der Waals surface area contributed by atoms with Crippen molar-refractivity contribution < 1.29 is 9.47 Å². The molecule has 0 saturated heterocycles. The Morgan fingerprint density at radius 2 is 2.00 bits per heavy atom. The van der Waals surface area contributed by atoms with E-state index in [-0.39, 0.29) is 5.56 Å². The molecule has 5 heteroatoms. The van der Waals surface area contributed by atoms with Crippen LogP contribution in [-0.2, 0) is 6.54 Å². The van der Waals surface area contributed by atoms with Crippen LogP contribution in [0.5, 0.6) is 11.5 Å². The van der Waals surface area contributed by atoms with Crippen LogP contribution in [-0.4, -0.2) is 23.0 Å². The molecule has 0 bridgehead atoms. The Balaban J connectivity index is 1.66. The van der Waals surface area contributed by atoms with Crippen molar-refractivity contribution in [3.05, 3.63) is 52.8 Å². The van der Waals surface area contributed by atoms with Gasteiger partial charge in [-0.15, -0.1) is 0 Å². The number of ether oxygens (including phenoxy) is 2. The second kappa shape index (κ2) is 5.91. The minimum absolute atomic E-state index is 0.0633. The summed E-state index contributed by atoms with van der Waals surface area (Å²) in [6, 6.07) is 9.09. The minimum atomic E-state index is -0.0633. The van der Waals surface area contributed by atoms with Gasteiger partial charge in [0, 0.05) is 11.6 Å². The second-order valence-electron chi connectivity index (χ2n) is 5.86. The molecule has 118 valence electrons. The van der Waals surface area contributed by atoms with Gasteiger partial charge in [-0.3, -0.25) is 4.79 Å². The molecule has 5 nitrogen and oxygen atoms in total. The van der Waals surface area contributed by atoms with E-state index in [1.165, 1.54) is 0 Å². The summed E-state index contributed by atoms with van der Waals surface area (Å²) in [7, 11) is 0. The van der Waals surface area contributed by atoms with Gasteiger partial charge in [-0.2, -0.15) is 5.10 Å². The summed E-state index contributed by atoms with van der Waals surface area (Å²) >= 11 is 0. The minimum Gasteiger partial charge on any atom is -0.486 e. The van der Waals surface area contributed by atoms with E-state index in [9.17, 15) is 4.79 Å². The van der Waals surface area contributed by atoms with E-state index >= 15 is 0 Å². The van der Waals surface area contributed by atoms with E-state index in [4.69, 9.17) is 9.47 Å². The van der Waals surface area contributed by atoms with E-state index < -0.39 is 0 Å². The van der Waals surface area contributed by atoms with Crippen LogP contribution in [0.25, 0.3) is 11.3 Å². The van der Waals surface area contributed by atoms with E-state index in [0.29, 0.717) is 25.7 Å². The zero-order valence-electron chi connectivity index (χ0n) is 12.8. The SMILES string of the molecule is O=c1ccc(-c2ccc3c(c2)OCCO3)nn1CC1C=CCC1. The fourth-order valence-corrected chi connectivity index (χ4v) is 3.01. The first-order valence-electron chi connectivity index (χ1n) is 7.94. The highest BCUT2D eigenvalue weighted by atomic mass is 16.6. The molecule has 2 heterocycles. The summed E-state index contributed by atoms with van der Waals surface area (Å²) in [5, 5.41) is 4.53. The lowest BCUT2D eigenvalue weighted by atomic mass is 10.1. The summed E-state index contributed by atoms with van der Waals surface area (Å²) in [6.07, 6.45) is 6.51. The average molecular weight is 310 g/mol. The molecule has 0 radical (unpaired) electrons. The van der Waals surface area contributed by atoms with E-state index in [2.05, 4.69) is 17.3 Å².